The van der Waals surface area contributed by atoms with Crippen LogP contribution >= 0.6 is 0 Å². The largest absolute Gasteiger partial charge is 0.466 e. The molecule has 0 aliphatic rings. The number of esters is 2. The van der Waals surface area contributed by atoms with Gasteiger partial charge in [-0.1, -0.05) is 142 Å². The lowest BCUT2D eigenvalue weighted by Gasteiger charge is -2.14. The number of hydrogen-bond donors (Lipinski definition) is 0. The number of rotatable bonds is 26. The average molecular weight is 583 g/mol. The van der Waals surface area contributed by atoms with Gasteiger partial charge in [-0.2, -0.15) is 0 Å². The van der Waals surface area contributed by atoms with E-state index in [1.807, 2.05) is 12.2 Å². The van der Waals surface area contributed by atoms with Gasteiger partial charge in [-0.3, -0.25) is 0 Å². The minimum atomic E-state index is -0.342. The predicted molar refractivity (Wildman–Crippen MR) is 180 cm³/mol. The van der Waals surface area contributed by atoms with Crippen LogP contribution in [0.15, 0.2) is 24.3 Å². The number of unbranched alkanes of at least 4 members (excludes halogenated alkanes) is 18. The summed E-state index contributed by atoms with van der Waals surface area (Å²) < 4.78 is 9.72. The molecule has 0 bridgehead atoms. The summed E-state index contributed by atoms with van der Waals surface area (Å²) in [7, 11) is 2.82. The maximum atomic E-state index is 11.9. The normalized spacial score (nSPS) is 11.5. The van der Waals surface area contributed by atoms with Gasteiger partial charge in [0.2, 0.25) is 0 Å². The Balaban J connectivity index is 2.82. The zero-order valence-corrected chi connectivity index (χ0v) is 27.7. The minimum Gasteiger partial charge on any atom is -0.466 e. The molecule has 1 aromatic rings. The third-order valence-corrected chi connectivity index (χ3v) is 8.20. The molecule has 0 fully saturated rings. The summed E-state index contributed by atoms with van der Waals surface area (Å²) in [6, 6.07) is 4.44. The molecule has 4 nitrogen and oxygen atoms in total. The van der Waals surface area contributed by atoms with Gasteiger partial charge in [0, 0.05) is 12.2 Å². The van der Waals surface area contributed by atoms with Crippen molar-refractivity contribution in [2.75, 3.05) is 14.2 Å². The first kappa shape index (κ1) is 37.7. The first-order valence-corrected chi connectivity index (χ1v) is 17.2. The van der Waals surface area contributed by atoms with E-state index < -0.39 is 0 Å². The highest BCUT2D eigenvalue weighted by molar-refractivity contribution is 5.88. The molecular formula is C38H62O4. The molecule has 0 aliphatic heterocycles. The second kappa shape index (κ2) is 26.3. The number of hydrogen-bond acceptors (Lipinski definition) is 4. The third-order valence-electron chi connectivity index (χ3n) is 8.20. The molecule has 0 N–H and O–H groups in total. The number of carbonyl (C=O) groups excluding carboxylic acids is 2. The Kier molecular flexibility index (Phi) is 23.6. The lowest BCUT2D eigenvalue weighted by Crippen LogP contribution is -2.00. The SMILES string of the molecule is CCCCCCCCCCCCc1cc(/C=C/C(=O)OC)c(CCCCCCCCCCCC)cc1/C=C/C(=O)OC. The molecule has 0 atom stereocenters. The van der Waals surface area contributed by atoms with E-state index in [-0.39, 0.29) is 11.9 Å². The van der Waals surface area contributed by atoms with Crippen molar-refractivity contribution in [1.29, 1.82) is 0 Å². The van der Waals surface area contributed by atoms with E-state index in [1.54, 1.807) is 0 Å². The molecule has 0 saturated carbocycles. The van der Waals surface area contributed by atoms with Gasteiger partial charge in [-0.25, -0.2) is 9.59 Å². The lowest BCUT2D eigenvalue weighted by molar-refractivity contribution is -0.135. The van der Waals surface area contributed by atoms with Gasteiger partial charge in [0.1, 0.15) is 0 Å². The fraction of sp³-hybridized carbons (Fsp3) is 0.684. The number of methoxy groups -OCH3 is 2. The maximum absolute atomic E-state index is 11.9. The third kappa shape index (κ3) is 18.9. The van der Waals surface area contributed by atoms with E-state index >= 15 is 0 Å². The summed E-state index contributed by atoms with van der Waals surface area (Å²) in [4.78, 5) is 23.8. The van der Waals surface area contributed by atoms with Crippen molar-refractivity contribution < 1.29 is 19.1 Å². The minimum absolute atomic E-state index is 0.342. The van der Waals surface area contributed by atoms with Gasteiger partial charge in [-0.15, -0.1) is 0 Å². The highest BCUT2D eigenvalue weighted by Gasteiger charge is 2.09. The molecular weight excluding hydrogens is 520 g/mol. The molecule has 238 valence electrons. The lowest BCUT2D eigenvalue weighted by atomic mass is 9.91. The summed E-state index contributed by atoms with van der Waals surface area (Å²) in [5.74, 6) is -0.684. The van der Waals surface area contributed by atoms with E-state index in [4.69, 9.17) is 9.47 Å². The first-order chi connectivity index (χ1) is 20.5. The van der Waals surface area contributed by atoms with Crippen LogP contribution in [0.3, 0.4) is 0 Å². The van der Waals surface area contributed by atoms with E-state index in [0.717, 1.165) is 36.8 Å². The summed E-state index contributed by atoms with van der Waals surface area (Å²) in [6.07, 6.45) is 34.8. The van der Waals surface area contributed by atoms with Crippen LogP contribution in [0.4, 0.5) is 0 Å². The van der Waals surface area contributed by atoms with Gasteiger partial charge in [-0.05, 0) is 60.1 Å². The van der Waals surface area contributed by atoms with Crippen LogP contribution in [-0.2, 0) is 31.9 Å². The molecule has 1 rings (SSSR count). The molecule has 0 unspecified atom stereocenters. The molecule has 42 heavy (non-hydrogen) atoms. The van der Waals surface area contributed by atoms with Crippen molar-refractivity contribution in [2.45, 2.75) is 155 Å². The Labute approximate surface area is 258 Å². The zero-order chi connectivity index (χ0) is 30.7. The Morgan fingerprint density at radius 2 is 0.786 bits per heavy atom. The zero-order valence-electron chi connectivity index (χ0n) is 27.7. The average Bonchev–Trinajstić information content (AvgIpc) is 3.01. The quantitative estimate of drug-likeness (QED) is 0.0619. The van der Waals surface area contributed by atoms with Gasteiger partial charge < -0.3 is 9.47 Å². The number of carbonyl (C=O) groups is 2. The Bertz CT molecular complexity index is 825. The van der Waals surface area contributed by atoms with Crippen molar-refractivity contribution in [3.8, 4) is 0 Å². The molecule has 0 spiro atoms. The van der Waals surface area contributed by atoms with Crippen molar-refractivity contribution in [2.24, 2.45) is 0 Å². The van der Waals surface area contributed by atoms with Gasteiger partial charge in [0.25, 0.3) is 0 Å². The molecule has 0 saturated heterocycles. The number of benzene rings is 1. The van der Waals surface area contributed by atoms with Crippen molar-refractivity contribution >= 4 is 24.1 Å². The van der Waals surface area contributed by atoms with E-state index in [2.05, 4.69) is 26.0 Å². The summed E-state index contributed by atoms with van der Waals surface area (Å²) in [5, 5.41) is 0. The number of ether oxygens (including phenoxy) is 2. The first-order valence-electron chi connectivity index (χ1n) is 17.2. The summed E-state index contributed by atoms with van der Waals surface area (Å²) in [6.45, 7) is 4.53. The van der Waals surface area contributed by atoms with Crippen LogP contribution in [0.5, 0.6) is 0 Å². The van der Waals surface area contributed by atoms with E-state index in [0.29, 0.717) is 0 Å². The predicted octanol–water partition coefficient (Wildman–Crippen LogP) is 11.0. The van der Waals surface area contributed by atoms with Gasteiger partial charge in [0.15, 0.2) is 0 Å². The van der Waals surface area contributed by atoms with E-state index in [1.165, 1.54) is 153 Å². The molecule has 0 heterocycles. The maximum Gasteiger partial charge on any atom is 0.330 e. The monoisotopic (exact) mass is 582 g/mol. The number of aryl methyl sites for hydroxylation is 2. The van der Waals surface area contributed by atoms with Crippen molar-refractivity contribution in [3.05, 3.63) is 46.5 Å². The second-order valence-corrected chi connectivity index (χ2v) is 11.8. The van der Waals surface area contributed by atoms with Crippen LogP contribution in [0.2, 0.25) is 0 Å². The highest BCUT2D eigenvalue weighted by atomic mass is 16.5. The standard InChI is InChI=1S/C38H62O4/c1-5-7-9-11-13-15-17-19-21-23-25-33-31-36(28-30-38(40)42-4)34(32-35(33)27-29-37(39)41-3)26-24-22-20-18-16-14-12-10-8-6-2/h27-32H,5-26H2,1-4H3/b29-27+,30-28+. The molecule has 0 aromatic heterocycles. The van der Waals surface area contributed by atoms with Crippen LogP contribution in [0.1, 0.15) is 165 Å². The van der Waals surface area contributed by atoms with Crippen LogP contribution < -0.4 is 0 Å². The van der Waals surface area contributed by atoms with Gasteiger partial charge >= 0.3 is 11.9 Å². The molecule has 4 heteroatoms. The smallest absolute Gasteiger partial charge is 0.330 e. The summed E-state index contributed by atoms with van der Waals surface area (Å²) in [5.41, 5.74) is 4.58. The molecule has 0 amide bonds. The molecule has 1 aromatic carbocycles. The molecule has 0 radical (unpaired) electrons. The summed E-state index contributed by atoms with van der Waals surface area (Å²) >= 11 is 0. The van der Waals surface area contributed by atoms with Crippen molar-refractivity contribution in [3.63, 3.8) is 0 Å². The van der Waals surface area contributed by atoms with Crippen molar-refractivity contribution in [1.82, 2.24) is 0 Å². The Hall–Kier alpha value is -2.36. The van der Waals surface area contributed by atoms with Crippen LogP contribution in [0.25, 0.3) is 12.2 Å². The topological polar surface area (TPSA) is 52.6 Å². The molecule has 0 aliphatic carbocycles. The highest BCUT2D eigenvalue weighted by Crippen LogP contribution is 2.25. The fourth-order valence-electron chi connectivity index (χ4n) is 5.53. The van der Waals surface area contributed by atoms with Crippen LogP contribution in [0, 0.1) is 0 Å². The van der Waals surface area contributed by atoms with Crippen LogP contribution in [-0.4, -0.2) is 26.2 Å². The Morgan fingerprint density at radius 3 is 1.07 bits per heavy atom. The Morgan fingerprint density at radius 1 is 0.500 bits per heavy atom. The van der Waals surface area contributed by atoms with Gasteiger partial charge in [0.05, 0.1) is 14.2 Å². The second-order valence-electron chi connectivity index (χ2n) is 11.8. The van der Waals surface area contributed by atoms with E-state index in [9.17, 15) is 9.59 Å². The fourth-order valence-corrected chi connectivity index (χ4v) is 5.53.